The fourth-order valence-electron chi connectivity index (χ4n) is 2.62. The van der Waals surface area contributed by atoms with Crippen molar-refractivity contribution in [3.63, 3.8) is 0 Å². The number of hydrogen-bond acceptors (Lipinski definition) is 4. The van der Waals surface area contributed by atoms with Gasteiger partial charge in [0.2, 0.25) is 0 Å². The molecule has 0 heterocycles. The second-order valence-corrected chi connectivity index (χ2v) is 5.18. The van der Waals surface area contributed by atoms with Crippen molar-refractivity contribution in [3.05, 3.63) is 23.8 Å². The van der Waals surface area contributed by atoms with Crippen molar-refractivity contribution in [2.45, 2.75) is 31.8 Å². The quantitative estimate of drug-likeness (QED) is 0.783. The van der Waals surface area contributed by atoms with Crippen LogP contribution in [0.3, 0.4) is 0 Å². The Bertz CT molecular complexity index is 475. The first-order valence-corrected chi connectivity index (χ1v) is 6.95. The summed E-state index contributed by atoms with van der Waals surface area (Å²) in [6.07, 6.45) is 3.50. The van der Waals surface area contributed by atoms with Crippen molar-refractivity contribution in [2.75, 3.05) is 13.7 Å². The number of phenolic OH excluding ortho intramolecular Hbond substituents is 1. The number of benzene rings is 1. The molecule has 20 heavy (non-hydrogen) atoms. The van der Waals surface area contributed by atoms with Gasteiger partial charge in [-0.3, -0.25) is 4.79 Å². The zero-order chi connectivity index (χ0) is 14.5. The van der Waals surface area contributed by atoms with Gasteiger partial charge in [0.05, 0.1) is 18.8 Å². The van der Waals surface area contributed by atoms with Crippen LogP contribution in [0.4, 0.5) is 0 Å². The molecule has 1 aliphatic rings. The van der Waals surface area contributed by atoms with Gasteiger partial charge < -0.3 is 20.3 Å². The maximum Gasteiger partial charge on any atom is 0.255 e. The third kappa shape index (κ3) is 3.22. The van der Waals surface area contributed by atoms with Gasteiger partial charge in [0.1, 0.15) is 0 Å². The maximum absolute atomic E-state index is 12.1. The predicted octanol–water partition coefficient (Wildman–Crippen LogP) is 1.68. The number of ether oxygens (including phenoxy) is 1. The number of aliphatic hydroxyl groups excluding tert-OH is 1. The van der Waals surface area contributed by atoms with Gasteiger partial charge in [0.25, 0.3) is 5.91 Å². The Morgan fingerprint density at radius 1 is 1.40 bits per heavy atom. The lowest BCUT2D eigenvalue weighted by molar-refractivity contribution is 0.0662. The Kier molecular flexibility index (Phi) is 4.84. The maximum atomic E-state index is 12.1. The summed E-state index contributed by atoms with van der Waals surface area (Å²) in [5.41, 5.74) is 0.189. The Balaban J connectivity index is 1.98. The molecule has 1 aliphatic carbocycles. The first-order chi connectivity index (χ1) is 9.63. The molecule has 110 valence electrons. The van der Waals surface area contributed by atoms with Crippen LogP contribution in [0.1, 0.15) is 36.0 Å². The molecule has 0 aromatic heterocycles. The smallest absolute Gasteiger partial charge is 0.255 e. The lowest BCUT2D eigenvalue weighted by atomic mass is 9.86. The number of para-hydroxylation sites is 1. The van der Waals surface area contributed by atoms with Crippen LogP contribution in [0.15, 0.2) is 18.2 Å². The lowest BCUT2D eigenvalue weighted by Crippen LogP contribution is -2.36. The standard InChI is InChI=1S/C15H21NO4/c1-20-13-8-4-6-11(14(13)18)15(19)16-9-10-5-2-3-7-12(10)17/h4,6,8,10,12,17-18H,2-3,5,7,9H2,1H3,(H,16,19). The van der Waals surface area contributed by atoms with Gasteiger partial charge in [-0.15, -0.1) is 0 Å². The Hall–Kier alpha value is -1.75. The zero-order valence-corrected chi connectivity index (χ0v) is 11.6. The Labute approximate surface area is 118 Å². The number of methoxy groups -OCH3 is 1. The van der Waals surface area contributed by atoms with Crippen LogP contribution in [0.2, 0.25) is 0 Å². The molecule has 0 saturated heterocycles. The average molecular weight is 279 g/mol. The molecule has 2 atom stereocenters. The van der Waals surface area contributed by atoms with Gasteiger partial charge in [-0.25, -0.2) is 0 Å². The summed E-state index contributed by atoms with van der Waals surface area (Å²) in [7, 11) is 1.44. The molecule has 3 N–H and O–H groups in total. The van der Waals surface area contributed by atoms with E-state index in [1.165, 1.54) is 7.11 Å². The lowest BCUT2D eigenvalue weighted by Gasteiger charge is -2.27. The summed E-state index contributed by atoms with van der Waals surface area (Å²) in [6, 6.07) is 4.80. The molecular formula is C15H21NO4. The third-order valence-corrected chi connectivity index (χ3v) is 3.86. The van der Waals surface area contributed by atoms with E-state index in [1.807, 2.05) is 0 Å². The molecule has 2 rings (SSSR count). The Morgan fingerprint density at radius 3 is 2.85 bits per heavy atom. The molecule has 5 nitrogen and oxygen atoms in total. The fraction of sp³-hybridized carbons (Fsp3) is 0.533. The number of phenols is 1. The van der Waals surface area contributed by atoms with E-state index in [9.17, 15) is 15.0 Å². The summed E-state index contributed by atoms with van der Waals surface area (Å²) >= 11 is 0. The molecule has 1 saturated carbocycles. The minimum atomic E-state index is -0.348. The fourth-order valence-corrected chi connectivity index (χ4v) is 2.62. The van der Waals surface area contributed by atoms with Gasteiger partial charge in [0.15, 0.2) is 11.5 Å². The molecule has 1 aromatic rings. The van der Waals surface area contributed by atoms with Gasteiger partial charge in [-0.2, -0.15) is 0 Å². The molecule has 0 spiro atoms. The first kappa shape index (κ1) is 14.7. The monoisotopic (exact) mass is 279 g/mol. The van der Waals surface area contributed by atoms with E-state index in [4.69, 9.17) is 4.74 Å². The number of hydrogen-bond donors (Lipinski definition) is 3. The predicted molar refractivity (Wildman–Crippen MR) is 75.0 cm³/mol. The van der Waals surface area contributed by atoms with Gasteiger partial charge in [0, 0.05) is 12.5 Å². The molecule has 1 fully saturated rings. The summed E-state index contributed by atoms with van der Waals surface area (Å²) < 4.78 is 4.98. The molecule has 1 amide bonds. The number of carbonyl (C=O) groups is 1. The van der Waals surface area contributed by atoms with Crippen molar-refractivity contribution >= 4 is 5.91 Å². The first-order valence-electron chi connectivity index (χ1n) is 6.95. The summed E-state index contributed by atoms with van der Waals surface area (Å²) in [6.45, 7) is 0.427. The van der Waals surface area contributed by atoms with Crippen LogP contribution in [-0.4, -0.2) is 35.9 Å². The summed E-state index contributed by atoms with van der Waals surface area (Å²) in [4.78, 5) is 12.1. The highest BCUT2D eigenvalue weighted by Crippen LogP contribution is 2.29. The van der Waals surface area contributed by atoms with E-state index < -0.39 is 0 Å². The molecule has 0 aliphatic heterocycles. The van der Waals surface area contributed by atoms with E-state index >= 15 is 0 Å². The molecule has 5 heteroatoms. The highest BCUT2D eigenvalue weighted by molar-refractivity contribution is 5.97. The second-order valence-electron chi connectivity index (χ2n) is 5.18. The van der Waals surface area contributed by atoms with Crippen LogP contribution in [0, 0.1) is 5.92 Å². The molecular weight excluding hydrogens is 258 g/mol. The van der Waals surface area contributed by atoms with Crippen LogP contribution in [0.25, 0.3) is 0 Å². The van der Waals surface area contributed by atoms with E-state index in [2.05, 4.69) is 5.32 Å². The van der Waals surface area contributed by atoms with Crippen LogP contribution in [-0.2, 0) is 0 Å². The van der Waals surface area contributed by atoms with E-state index in [-0.39, 0.29) is 35.0 Å². The van der Waals surface area contributed by atoms with Crippen molar-refractivity contribution in [1.82, 2.24) is 5.32 Å². The second kappa shape index (κ2) is 6.61. The number of aliphatic hydroxyl groups is 1. The average Bonchev–Trinajstić information content (AvgIpc) is 2.46. The normalized spacial score (nSPS) is 22.3. The van der Waals surface area contributed by atoms with E-state index in [1.54, 1.807) is 18.2 Å². The largest absolute Gasteiger partial charge is 0.504 e. The van der Waals surface area contributed by atoms with Gasteiger partial charge >= 0.3 is 0 Å². The highest BCUT2D eigenvalue weighted by Gasteiger charge is 2.24. The number of aromatic hydroxyl groups is 1. The van der Waals surface area contributed by atoms with Gasteiger partial charge in [-0.05, 0) is 25.0 Å². The number of rotatable bonds is 4. The highest BCUT2D eigenvalue weighted by atomic mass is 16.5. The van der Waals surface area contributed by atoms with E-state index in [0.29, 0.717) is 6.54 Å². The molecule has 2 unspecified atom stereocenters. The number of amides is 1. The molecule has 1 aromatic carbocycles. The van der Waals surface area contributed by atoms with Crippen LogP contribution >= 0.6 is 0 Å². The van der Waals surface area contributed by atoms with Crippen molar-refractivity contribution < 1.29 is 19.7 Å². The topological polar surface area (TPSA) is 78.8 Å². The number of nitrogens with one attached hydrogen (secondary N) is 1. The Morgan fingerprint density at radius 2 is 2.15 bits per heavy atom. The minimum Gasteiger partial charge on any atom is -0.504 e. The van der Waals surface area contributed by atoms with Crippen LogP contribution < -0.4 is 10.1 Å². The molecule has 0 bridgehead atoms. The summed E-state index contributed by atoms with van der Waals surface area (Å²) in [5, 5.41) is 22.6. The summed E-state index contributed by atoms with van der Waals surface area (Å²) in [5.74, 6) is -0.133. The number of carbonyl (C=O) groups excluding carboxylic acids is 1. The van der Waals surface area contributed by atoms with Crippen molar-refractivity contribution in [3.8, 4) is 11.5 Å². The van der Waals surface area contributed by atoms with E-state index in [0.717, 1.165) is 25.7 Å². The van der Waals surface area contributed by atoms with Crippen LogP contribution in [0.5, 0.6) is 11.5 Å². The van der Waals surface area contributed by atoms with Crippen molar-refractivity contribution in [1.29, 1.82) is 0 Å². The van der Waals surface area contributed by atoms with Gasteiger partial charge in [-0.1, -0.05) is 18.9 Å². The molecule has 0 radical (unpaired) electrons. The zero-order valence-electron chi connectivity index (χ0n) is 11.6. The van der Waals surface area contributed by atoms with Crippen molar-refractivity contribution in [2.24, 2.45) is 5.92 Å². The SMILES string of the molecule is COc1cccc(C(=O)NCC2CCCCC2O)c1O. The minimum absolute atomic E-state index is 0.0976. The third-order valence-electron chi connectivity index (χ3n) is 3.86.